The Morgan fingerprint density at radius 2 is 1.94 bits per heavy atom. The molecule has 0 bridgehead atoms. The Hall–Kier alpha value is -4.37. The molecule has 10 heteroatoms. The second kappa shape index (κ2) is 10.7. The lowest BCUT2D eigenvalue weighted by molar-refractivity contribution is -0.116. The van der Waals surface area contributed by atoms with Crippen LogP contribution in [-0.2, 0) is 4.79 Å². The van der Waals surface area contributed by atoms with E-state index in [-0.39, 0.29) is 24.0 Å². The molecule has 2 aromatic heterocycles. The number of aromatic amines is 1. The van der Waals surface area contributed by atoms with Gasteiger partial charge in [0.2, 0.25) is 5.95 Å². The van der Waals surface area contributed by atoms with E-state index in [4.69, 9.17) is 21.1 Å². The third-order valence-corrected chi connectivity index (χ3v) is 5.11. The summed E-state index contributed by atoms with van der Waals surface area (Å²) < 4.78 is 11.4. The Morgan fingerprint density at radius 1 is 1.11 bits per heavy atom. The second-order valence-electron chi connectivity index (χ2n) is 7.35. The van der Waals surface area contributed by atoms with Crippen LogP contribution in [0.5, 0.6) is 17.2 Å². The number of benzene rings is 2. The summed E-state index contributed by atoms with van der Waals surface area (Å²) in [5, 5.41) is 6.10. The number of rotatable bonds is 9. The molecule has 0 radical (unpaired) electrons. The molecule has 0 aliphatic carbocycles. The van der Waals surface area contributed by atoms with Gasteiger partial charge in [-0.15, -0.1) is 0 Å². The van der Waals surface area contributed by atoms with Crippen molar-refractivity contribution in [1.82, 2.24) is 20.3 Å². The van der Waals surface area contributed by atoms with Gasteiger partial charge in [-0.25, -0.2) is 4.98 Å². The molecule has 3 N–H and O–H groups in total. The van der Waals surface area contributed by atoms with Crippen LogP contribution in [0.1, 0.15) is 17.4 Å². The smallest absolute Gasteiger partial charge is 0.269 e. The molecule has 178 valence electrons. The van der Waals surface area contributed by atoms with Gasteiger partial charge in [-0.1, -0.05) is 17.7 Å². The highest BCUT2D eigenvalue weighted by atomic mass is 35.5. The van der Waals surface area contributed by atoms with E-state index in [9.17, 15) is 9.59 Å². The average Bonchev–Trinajstić information content (AvgIpc) is 3.25. The number of carbonyl (C=O) groups is 2. The maximum atomic E-state index is 11.8. The van der Waals surface area contributed by atoms with Crippen molar-refractivity contribution in [3.63, 3.8) is 0 Å². The predicted molar refractivity (Wildman–Crippen MR) is 134 cm³/mol. The van der Waals surface area contributed by atoms with Crippen molar-refractivity contribution in [2.75, 3.05) is 19.0 Å². The molecule has 0 unspecified atom stereocenters. The van der Waals surface area contributed by atoms with E-state index in [0.29, 0.717) is 33.9 Å². The number of ketones is 1. The van der Waals surface area contributed by atoms with Gasteiger partial charge in [-0.2, -0.15) is 0 Å². The van der Waals surface area contributed by atoms with Gasteiger partial charge in [0.1, 0.15) is 22.9 Å². The van der Waals surface area contributed by atoms with Crippen LogP contribution in [0, 0.1) is 0 Å². The fourth-order valence-electron chi connectivity index (χ4n) is 3.19. The average molecular weight is 492 g/mol. The van der Waals surface area contributed by atoms with Crippen molar-refractivity contribution in [2.45, 2.75) is 6.92 Å². The number of fused-ring (bicyclic) bond motifs is 1. The van der Waals surface area contributed by atoms with Crippen LogP contribution in [0.25, 0.3) is 11.0 Å². The first-order valence-electron chi connectivity index (χ1n) is 10.7. The molecule has 35 heavy (non-hydrogen) atoms. The standard InChI is InChI=1S/C25H22ClN5O4/c1-3-4-16(32)14-34-23-11-15(5-7-19(23)26)29-25-30-20-8-6-17(12-21(20)31-25)35-18-9-10-28-22(13-18)24(33)27-2/h3-13H,14H2,1-2H3,(H,27,33)(H2,29,30,31)/b4-3+. The lowest BCUT2D eigenvalue weighted by Crippen LogP contribution is -2.18. The molecule has 2 aromatic carbocycles. The number of anilines is 2. The number of H-pyrrole nitrogens is 1. The minimum Gasteiger partial charge on any atom is -0.484 e. The van der Waals surface area contributed by atoms with E-state index < -0.39 is 0 Å². The number of hydrogen-bond donors (Lipinski definition) is 3. The number of carbonyl (C=O) groups excluding carboxylic acids is 2. The minimum absolute atomic E-state index is 0.108. The molecule has 0 saturated carbocycles. The molecule has 0 spiro atoms. The molecule has 4 aromatic rings. The molecule has 0 atom stereocenters. The summed E-state index contributed by atoms with van der Waals surface area (Å²) in [6, 6.07) is 13.8. The molecule has 0 saturated heterocycles. The summed E-state index contributed by atoms with van der Waals surface area (Å²) in [6.45, 7) is 1.66. The maximum absolute atomic E-state index is 11.8. The van der Waals surface area contributed by atoms with Crippen LogP contribution in [0.15, 0.2) is 66.9 Å². The third-order valence-electron chi connectivity index (χ3n) is 4.80. The molecule has 0 aliphatic rings. The van der Waals surface area contributed by atoms with E-state index in [1.54, 1.807) is 62.5 Å². The third kappa shape index (κ3) is 5.96. The molecule has 0 aliphatic heterocycles. The highest BCUT2D eigenvalue weighted by Crippen LogP contribution is 2.30. The first-order chi connectivity index (χ1) is 16.9. The molecule has 1 amide bonds. The summed E-state index contributed by atoms with van der Waals surface area (Å²) in [6.07, 6.45) is 4.61. The topological polar surface area (TPSA) is 118 Å². The van der Waals surface area contributed by atoms with Crippen LogP contribution in [0.2, 0.25) is 5.02 Å². The number of imidazole rings is 1. The number of pyridine rings is 1. The van der Waals surface area contributed by atoms with Gasteiger partial charge in [0.25, 0.3) is 5.91 Å². The Labute approximate surface area is 206 Å². The van der Waals surface area contributed by atoms with Crippen LogP contribution in [0.3, 0.4) is 0 Å². The first-order valence-corrected chi connectivity index (χ1v) is 11.0. The number of nitrogens with one attached hydrogen (secondary N) is 3. The lowest BCUT2D eigenvalue weighted by Gasteiger charge is -2.09. The van der Waals surface area contributed by atoms with Gasteiger partial charge in [0, 0.05) is 37.1 Å². The summed E-state index contributed by atoms with van der Waals surface area (Å²) in [7, 11) is 1.54. The van der Waals surface area contributed by atoms with Gasteiger partial charge < -0.3 is 25.1 Å². The highest BCUT2D eigenvalue weighted by molar-refractivity contribution is 6.32. The molecule has 9 nitrogen and oxygen atoms in total. The molecule has 2 heterocycles. The summed E-state index contributed by atoms with van der Waals surface area (Å²) >= 11 is 6.20. The Kier molecular flexibility index (Phi) is 7.27. The summed E-state index contributed by atoms with van der Waals surface area (Å²) in [5.74, 6) is 1.48. The summed E-state index contributed by atoms with van der Waals surface area (Å²) in [5.41, 5.74) is 2.41. The fourth-order valence-corrected chi connectivity index (χ4v) is 3.36. The zero-order valence-corrected chi connectivity index (χ0v) is 19.7. The number of allylic oxidation sites excluding steroid dienone is 1. The van der Waals surface area contributed by atoms with Crippen LogP contribution >= 0.6 is 11.6 Å². The number of hydrogen-bond acceptors (Lipinski definition) is 7. The predicted octanol–water partition coefficient (Wildman–Crippen LogP) is 5.03. The molecule has 0 fully saturated rings. The normalized spacial score (nSPS) is 10.9. The maximum Gasteiger partial charge on any atom is 0.269 e. The minimum atomic E-state index is -0.296. The Balaban J connectivity index is 1.49. The fraction of sp³-hybridized carbons (Fsp3) is 0.120. The highest BCUT2D eigenvalue weighted by Gasteiger charge is 2.10. The van der Waals surface area contributed by atoms with Crippen molar-refractivity contribution in [3.8, 4) is 17.2 Å². The molecular formula is C25H22ClN5O4. The van der Waals surface area contributed by atoms with Gasteiger partial charge in [0.15, 0.2) is 12.4 Å². The largest absolute Gasteiger partial charge is 0.484 e. The lowest BCUT2D eigenvalue weighted by atomic mass is 10.3. The number of ether oxygens (including phenoxy) is 2. The second-order valence-corrected chi connectivity index (χ2v) is 7.75. The van der Waals surface area contributed by atoms with Gasteiger partial charge in [0.05, 0.1) is 16.1 Å². The van der Waals surface area contributed by atoms with Crippen LogP contribution in [0.4, 0.5) is 11.6 Å². The van der Waals surface area contributed by atoms with Crippen molar-refractivity contribution in [2.24, 2.45) is 0 Å². The van der Waals surface area contributed by atoms with Crippen molar-refractivity contribution < 1.29 is 19.1 Å². The quantitative estimate of drug-likeness (QED) is 0.281. The first kappa shape index (κ1) is 23.8. The van der Waals surface area contributed by atoms with Crippen molar-refractivity contribution >= 4 is 46.0 Å². The Bertz CT molecular complexity index is 1420. The number of aromatic nitrogens is 3. The van der Waals surface area contributed by atoms with E-state index in [1.807, 2.05) is 6.07 Å². The van der Waals surface area contributed by atoms with Gasteiger partial charge in [-0.05, 0) is 43.3 Å². The zero-order chi connectivity index (χ0) is 24.8. The Morgan fingerprint density at radius 3 is 2.74 bits per heavy atom. The van der Waals surface area contributed by atoms with Crippen molar-refractivity contribution in [1.29, 1.82) is 0 Å². The van der Waals surface area contributed by atoms with Gasteiger partial charge in [-0.3, -0.25) is 14.6 Å². The SMILES string of the molecule is C/C=C/C(=O)COc1cc(Nc2nc3ccc(Oc4ccnc(C(=O)NC)c4)cc3[nH]2)ccc1Cl. The van der Waals surface area contributed by atoms with Crippen LogP contribution < -0.4 is 20.1 Å². The number of halogens is 1. The van der Waals surface area contributed by atoms with Gasteiger partial charge >= 0.3 is 0 Å². The molecule has 4 rings (SSSR count). The zero-order valence-electron chi connectivity index (χ0n) is 19.0. The van der Waals surface area contributed by atoms with Crippen molar-refractivity contribution in [3.05, 3.63) is 77.6 Å². The van der Waals surface area contributed by atoms with E-state index in [0.717, 1.165) is 11.0 Å². The van der Waals surface area contributed by atoms with Crippen LogP contribution in [-0.4, -0.2) is 40.3 Å². The van der Waals surface area contributed by atoms with E-state index in [2.05, 4.69) is 25.6 Å². The van der Waals surface area contributed by atoms with E-state index >= 15 is 0 Å². The monoisotopic (exact) mass is 491 g/mol. The van der Waals surface area contributed by atoms with E-state index in [1.165, 1.54) is 12.3 Å². The number of amides is 1. The summed E-state index contributed by atoms with van der Waals surface area (Å²) in [4.78, 5) is 35.2. The number of nitrogens with zero attached hydrogens (tertiary/aromatic N) is 2. The molecular weight excluding hydrogens is 470 g/mol.